The van der Waals surface area contributed by atoms with Crippen LogP contribution in [0.3, 0.4) is 0 Å². The zero-order valence-corrected chi connectivity index (χ0v) is 25.3. The number of benzene rings is 4. The third-order valence-electron chi connectivity index (χ3n) is 7.34. The minimum Gasteiger partial charge on any atom is -0.496 e. The monoisotopic (exact) mass is 598 g/mol. The molecule has 1 fully saturated rings. The van der Waals surface area contributed by atoms with Crippen LogP contribution in [0.25, 0.3) is 11.1 Å². The molecule has 0 spiro atoms. The first kappa shape index (κ1) is 30.6. The van der Waals surface area contributed by atoms with Gasteiger partial charge in [-0.2, -0.15) is 0 Å². The third-order valence-corrected chi connectivity index (χ3v) is 8.53. The molecule has 8 heteroatoms. The maximum atomic E-state index is 11.8. The zero-order chi connectivity index (χ0) is 30.0. The Morgan fingerprint density at radius 2 is 1.65 bits per heavy atom. The van der Waals surface area contributed by atoms with Gasteiger partial charge in [0.25, 0.3) is 0 Å². The molecule has 5 rings (SSSR count). The van der Waals surface area contributed by atoms with Gasteiger partial charge in [0.05, 0.1) is 25.9 Å². The Bertz CT molecular complexity index is 1480. The average Bonchev–Trinajstić information content (AvgIpc) is 3.07. The summed E-state index contributed by atoms with van der Waals surface area (Å²) >= 11 is 1.72. The van der Waals surface area contributed by atoms with Crippen molar-refractivity contribution in [3.05, 3.63) is 119 Å². The summed E-state index contributed by atoms with van der Waals surface area (Å²) in [6.07, 6.45) is -0.0126. The summed E-state index contributed by atoms with van der Waals surface area (Å²) in [7, 11) is 1.69. The molecular formula is C35H38N2O5S. The lowest BCUT2D eigenvalue weighted by Gasteiger charge is -2.36. The van der Waals surface area contributed by atoms with E-state index in [9.17, 15) is 9.90 Å². The number of aliphatic hydroxyl groups excluding tert-OH is 1. The molecule has 0 aliphatic carbocycles. The molecule has 1 aliphatic heterocycles. The van der Waals surface area contributed by atoms with Crippen LogP contribution in [0.5, 0.6) is 5.75 Å². The molecule has 0 radical (unpaired) electrons. The lowest BCUT2D eigenvalue weighted by atomic mass is 9.99. The molecule has 7 nitrogen and oxygen atoms in total. The number of urea groups is 1. The number of para-hydroxylation sites is 1. The fourth-order valence-corrected chi connectivity index (χ4v) is 6.09. The minimum absolute atomic E-state index is 0.00959. The van der Waals surface area contributed by atoms with Gasteiger partial charge in [0, 0.05) is 35.7 Å². The van der Waals surface area contributed by atoms with Gasteiger partial charge in [0.15, 0.2) is 6.29 Å². The lowest BCUT2D eigenvalue weighted by molar-refractivity contribution is -0.245. The molecule has 4 aromatic carbocycles. The first-order valence-electron chi connectivity index (χ1n) is 14.5. The number of aliphatic hydroxyl groups is 1. The Labute approximate surface area is 257 Å². The van der Waals surface area contributed by atoms with Gasteiger partial charge in [-0.1, -0.05) is 78.9 Å². The number of nitrogens with one attached hydrogen (secondary N) is 2. The molecule has 3 unspecified atom stereocenters. The van der Waals surface area contributed by atoms with Gasteiger partial charge in [-0.25, -0.2) is 4.79 Å². The van der Waals surface area contributed by atoms with Crippen LogP contribution in [0.2, 0.25) is 0 Å². The van der Waals surface area contributed by atoms with Crippen LogP contribution in [0.4, 0.5) is 4.79 Å². The van der Waals surface area contributed by atoms with E-state index >= 15 is 0 Å². The number of ether oxygens (including phenoxy) is 3. The van der Waals surface area contributed by atoms with E-state index in [0.717, 1.165) is 49.8 Å². The van der Waals surface area contributed by atoms with Crippen molar-refractivity contribution in [2.45, 2.75) is 49.9 Å². The van der Waals surface area contributed by atoms with Crippen molar-refractivity contribution in [1.29, 1.82) is 0 Å². The van der Waals surface area contributed by atoms with Gasteiger partial charge in [0.2, 0.25) is 0 Å². The van der Waals surface area contributed by atoms with Gasteiger partial charge in [-0.15, -0.1) is 11.8 Å². The molecular weight excluding hydrogens is 560 g/mol. The summed E-state index contributed by atoms with van der Waals surface area (Å²) in [5, 5.41) is 15.1. The summed E-state index contributed by atoms with van der Waals surface area (Å²) in [5.74, 6) is 1.60. The maximum Gasteiger partial charge on any atom is 0.315 e. The third kappa shape index (κ3) is 8.18. The molecule has 3 atom stereocenters. The Balaban J connectivity index is 1.32. The molecule has 4 aromatic rings. The molecule has 2 amide bonds. The standard InChI is InChI=1S/C35H38N2O5S/c1-3-36-35(39)37-21-25-7-6-8-29(19-25)26-15-17-28(18-16-26)34-41-30(23-43-33-10-5-4-9-31(33)40-2)20-32(42-34)27-13-11-24(22-38)12-14-27/h4-19,30,32,34,38H,3,20-23H2,1-2H3,(H2,36,37,39). The molecule has 1 aliphatic rings. The van der Waals surface area contributed by atoms with Crippen molar-refractivity contribution >= 4 is 17.8 Å². The number of rotatable bonds is 11. The quantitative estimate of drug-likeness (QED) is 0.161. The SMILES string of the molecule is CCNC(=O)NCc1cccc(-c2ccc(C3OC(CSc4ccccc4OC)CC(c4ccc(CO)cc4)O3)cc2)c1. The van der Waals surface area contributed by atoms with Crippen LogP contribution in [-0.2, 0) is 22.6 Å². The van der Waals surface area contributed by atoms with E-state index in [-0.39, 0.29) is 24.8 Å². The highest BCUT2D eigenvalue weighted by molar-refractivity contribution is 7.99. The smallest absolute Gasteiger partial charge is 0.315 e. The van der Waals surface area contributed by atoms with Crippen molar-refractivity contribution in [3.63, 3.8) is 0 Å². The number of amides is 2. The predicted octanol–water partition coefficient (Wildman–Crippen LogP) is 7.01. The second-order valence-corrected chi connectivity index (χ2v) is 11.4. The van der Waals surface area contributed by atoms with Gasteiger partial charge < -0.3 is 30.0 Å². The van der Waals surface area contributed by atoms with Crippen molar-refractivity contribution in [2.24, 2.45) is 0 Å². The molecule has 1 saturated heterocycles. The highest BCUT2D eigenvalue weighted by Gasteiger charge is 2.32. The number of carbonyl (C=O) groups is 1. The number of methoxy groups -OCH3 is 1. The average molecular weight is 599 g/mol. The van der Waals surface area contributed by atoms with Gasteiger partial charge >= 0.3 is 6.03 Å². The highest BCUT2D eigenvalue weighted by atomic mass is 32.2. The molecule has 0 aromatic heterocycles. The summed E-state index contributed by atoms with van der Waals surface area (Å²) in [5.41, 5.74) is 6.04. The highest BCUT2D eigenvalue weighted by Crippen LogP contribution is 2.40. The van der Waals surface area contributed by atoms with Crippen LogP contribution >= 0.6 is 11.8 Å². The Kier molecular flexibility index (Phi) is 10.7. The van der Waals surface area contributed by atoms with E-state index in [4.69, 9.17) is 14.2 Å². The second-order valence-electron chi connectivity index (χ2n) is 10.3. The van der Waals surface area contributed by atoms with Crippen molar-refractivity contribution in [3.8, 4) is 16.9 Å². The van der Waals surface area contributed by atoms with Crippen LogP contribution < -0.4 is 15.4 Å². The number of hydrogen-bond donors (Lipinski definition) is 3. The zero-order valence-electron chi connectivity index (χ0n) is 24.5. The summed E-state index contributed by atoms with van der Waals surface area (Å²) in [6, 6.07) is 32.2. The normalized spacial score (nSPS) is 18.2. The predicted molar refractivity (Wildman–Crippen MR) is 170 cm³/mol. The van der Waals surface area contributed by atoms with E-state index in [1.165, 1.54) is 0 Å². The fraction of sp³-hybridized carbons (Fsp3) is 0.286. The maximum absolute atomic E-state index is 11.8. The number of thioether (sulfide) groups is 1. The molecule has 1 heterocycles. The van der Waals surface area contributed by atoms with Crippen LogP contribution in [0.1, 0.15) is 48.0 Å². The Hall–Kier alpha value is -3.82. The molecule has 0 saturated carbocycles. The Morgan fingerprint density at radius 3 is 2.40 bits per heavy atom. The summed E-state index contributed by atoms with van der Waals surface area (Å²) in [4.78, 5) is 12.9. The van der Waals surface area contributed by atoms with E-state index in [2.05, 4.69) is 53.1 Å². The van der Waals surface area contributed by atoms with E-state index in [1.54, 1.807) is 18.9 Å². The van der Waals surface area contributed by atoms with Gasteiger partial charge in [0.1, 0.15) is 5.75 Å². The summed E-state index contributed by atoms with van der Waals surface area (Å²) in [6.45, 7) is 2.95. The molecule has 0 bridgehead atoms. The minimum atomic E-state index is -0.527. The lowest BCUT2D eigenvalue weighted by Crippen LogP contribution is -2.34. The number of carbonyl (C=O) groups excluding carboxylic acids is 1. The fourth-order valence-electron chi connectivity index (χ4n) is 5.04. The molecule has 43 heavy (non-hydrogen) atoms. The first-order chi connectivity index (χ1) is 21.1. The van der Waals surface area contributed by atoms with Crippen molar-refractivity contribution in [1.82, 2.24) is 10.6 Å². The van der Waals surface area contributed by atoms with Crippen LogP contribution in [-0.4, -0.2) is 36.6 Å². The van der Waals surface area contributed by atoms with Crippen LogP contribution in [0, 0.1) is 0 Å². The van der Waals surface area contributed by atoms with Gasteiger partial charge in [-0.05, 0) is 52.9 Å². The van der Waals surface area contributed by atoms with Crippen molar-refractivity contribution in [2.75, 3.05) is 19.4 Å². The molecule has 3 N–H and O–H groups in total. The van der Waals surface area contributed by atoms with Gasteiger partial charge in [-0.3, -0.25) is 0 Å². The van der Waals surface area contributed by atoms with E-state index < -0.39 is 6.29 Å². The summed E-state index contributed by atoms with van der Waals surface area (Å²) < 4.78 is 18.6. The van der Waals surface area contributed by atoms with E-state index in [0.29, 0.717) is 19.5 Å². The second kappa shape index (κ2) is 15.1. The van der Waals surface area contributed by atoms with Crippen molar-refractivity contribution < 1.29 is 24.1 Å². The largest absolute Gasteiger partial charge is 0.496 e. The Morgan fingerprint density at radius 1 is 0.884 bits per heavy atom. The molecule has 224 valence electrons. The topological polar surface area (TPSA) is 89.1 Å². The number of hydrogen-bond acceptors (Lipinski definition) is 6. The first-order valence-corrected chi connectivity index (χ1v) is 15.5. The van der Waals surface area contributed by atoms with Crippen LogP contribution in [0.15, 0.2) is 102 Å². The van der Waals surface area contributed by atoms with E-state index in [1.807, 2.05) is 61.5 Å².